The van der Waals surface area contributed by atoms with E-state index >= 15 is 0 Å². The van der Waals surface area contributed by atoms with Crippen LogP contribution in [0.2, 0.25) is 10.0 Å². The van der Waals surface area contributed by atoms with E-state index in [1.54, 1.807) is 56.3 Å². The summed E-state index contributed by atoms with van der Waals surface area (Å²) < 4.78 is 26.0. The number of anilines is 1. The number of nitrogens with zero attached hydrogens (tertiary/aromatic N) is 2. The first kappa shape index (κ1) is 25.0. The minimum atomic E-state index is -3.78. The molecule has 0 radical (unpaired) electrons. The maximum Gasteiger partial charge on any atom is 0.244 e. The van der Waals surface area contributed by atoms with Gasteiger partial charge in [-0.15, -0.1) is 0 Å². The Morgan fingerprint density at radius 2 is 1.65 bits per heavy atom. The molecule has 0 aliphatic rings. The molecule has 0 spiro atoms. The fourth-order valence-corrected chi connectivity index (χ4v) is 4.51. The predicted molar refractivity (Wildman–Crippen MR) is 124 cm³/mol. The highest BCUT2D eigenvalue weighted by Gasteiger charge is 2.30. The second-order valence-corrected chi connectivity index (χ2v) is 9.79. The molecule has 0 bridgehead atoms. The molecule has 31 heavy (non-hydrogen) atoms. The number of para-hydroxylation sites is 1. The lowest BCUT2D eigenvalue weighted by molar-refractivity contribution is -0.139. The molecule has 0 heterocycles. The van der Waals surface area contributed by atoms with Crippen molar-refractivity contribution in [1.29, 1.82) is 0 Å². The van der Waals surface area contributed by atoms with Crippen LogP contribution in [-0.2, 0) is 26.2 Å². The van der Waals surface area contributed by atoms with E-state index in [0.717, 1.165) is 10.6 Å². The third-order valence-electron chi connectivity index (χ3n) is 4.87. The number of halogens is 2. The lowest BCUT2D eigenvalue weighted by Crippen LogP contribution is -2.50. The summed E-state index contributed by atoms with van der Waals surface area (Å²) in [7, 11) is -2.32. The van der Waals surface area contributed by atoms with Crippen LogP contribution < -0.4 is 9.62 Å². The highest BCUT2D eigenvalue weighted by Crippen LogP contribution is 2.27. The molecule has 168 valence electrons. The number of carbonyl (C=O) groups is 2. The highest BCUT2D eigenvalue weighted by atomic mass is 35.5. The average molecular weight is 486 g/mol. The van der Waals surface area contributed by atoms with Crippen LogP contribution >= 0.6 is 23.2 Å². The summed E-state index contributed by atoms with van der Waals surface area (Å²) in [6.07, 6.45) is 1.03. The van der Waals surface area contributed by atoms with Crippen molar-refractivity contribution < 1.29 is 18.0 Å². The molecule has 0 saturated heterocycles. The second kappa shape index (κ2) is 10.3. The summed E-state index contributed by atoms with van der Waals surface area (Å²) in [5.74, 6) is -0.973. The maximum absolute atomic E-state index is 13.3. The quantitative estimate of drug-likeness (QED) is 0.621. The van der Waals surface area contributed by atoms with Crippen molar-refractivity contribution in [3.05, 3.63) is 63.6 Å². The molecular weight excluding hydrogens is 461 g/mol. The van der Waals surface area contributed by atoms with Gasteiger partial charge in [-0.1, -0.05) is 47.5 Å². The normalized spacial score (nSPS) is 12.2. The van der Waals surface area contributed by atoms with Gasteiger partial charge in [-0.25, -0.2) is 8.42 Å². The monoisotopic (exact) mass is 485 g/mol. The summed E-state index contributed by atoms with van der Waals surface area (Å²) in [4.78, 5) is 26.9. The van der Waals surface area contributed by atoms with Crippen LogP contribution in [-0.4, -0.2) is 51.0 Å². The number of aryl methyl sites for hydroxylation is 1. The van der Waals surface area contributed by atoms with Crippen molar-refractivity contribution in [3.63, 3.8) is 0 Å². The molecule has 2 amide bonds. The highest BCUT2D eigenvalue weighted by molar-refractivity contribution is 7.92. The lowest BCUT2D eigenvalue weighted by atomic mass is 10.1. The zero-order chi connectivity index (χ0) is 23.3. The van der Waals surface area contributed by atoms with Gasteiger partial charge < -0.3 is 10.2 Å². The van der Waals surface area contributed by atoms with Gasteiger partial charge >= 0.3 is 0 Å². The van der Waals surface area contributed by atoms with Gasteiger partial charge in [0.25, 0.3) is 0 Å². The third kappa shape index (κ3) is 6.12. The number of benzene rings is 2. The Hall–Kier alpha value is -2.29. The molecule has 10 heteroatoms. The SMILES string of the molecule is CNC(=O)C(C)N(Cc1c(Cl)cccc1Cl)C(=O)CN(c1ccccc1C)S(C)(=O)=O. The third-order valence-corrected chi connectivity index (χ3v) is 6.70. The first-order valence-electron chi connectivity index (χ1n) is 9.44. The summed E-state index contributed by atoms with van der Waals surface area (Å²) in [6.45, 7) is 2.77. The molecule has 0 aliphatic carbocycles. The van der Waals surface area contributed by atoms with Gasteiger partial charge in [-0.3, -0.25) is 13.9 Å². The summed E-state index contributed by atoms with van der Waals surface area (Å²) in [6, 6.07) is 10.9. The topological polar surface area (TPSA) is 86.8 Å². The number of hydrogen-bond acceptors (Lipinski definition) is 4. The molecule has 2 rings (SSSR count). The Bertz CT molecular complexity index is 1060. The number of sulfonamides is 1. The van der Waals surface area contributed by atoms with E-state index in [2.05, 4.69) is 5.32 Å². The van der Waals surface area contributed by atoms with Crippen LogP contribution in [0.5, 0.6) is 0 Å². The number of likely N-dealkylation sites (N-methyl/N-ethyl adjacent to an activating group) is 1. The maximum atomic E-state index is 13.3. The summed E-state index contributed by atoms with van der Waals surface area (Å²) in [5.41, 5.74) is 1.55. The number of hydrogen-bond donors (Lipinski definition) is 1. The molecule has 0 saturated carbocycles. The van der Waals surface area contributed by atoms with E-state index in [0.29, 0.717) is 26.9 Å². The first-order chi connectivity index (χ1) is 14.5. The van der Waals surface area contributed by atoms with Gasteiger partial charge in [-0.05, 0) is 37.6 Å². The second-order valence-electron chi connectivity index (χ2n) is 7.07. The summed E-state index contributed by atoms with van der Waals surface area (Å²) in [5, 5.41) is 3.19. The number of rotatable bonds is 8. The zero-order valence-corrected chi connectivity index (χ0v) is 20.1. The van der Waals surface area contributed by atoms with Gasteiger partial charge in [0, 0.05) is 29.2 Å². The van der Waals surface area contributed by atoms with Gasteiger partial charge in [0.2, 0.25) is 21.8 Å². The smallest absolute Gasteiger partial charge is 0.244 e. The van der Waals surface area contributed by atoms with E-state index in [1.165, 1.54) is 11.9 Å². The fourth-order valence-electron chi connectivity index (χ4n) is 3.08. The van der Waals surface area contributed by atoms with Crippen molar-refractivity contribution in [2.24, 2.45) is 0 Å². The zero-order valence-electron chi connectivity index (χ0n) is 17.7. The van der Waals surface area contributed by atoms with E-state index in [1.807, 2.05) is 0 Å². The Morgan fingerprint density at radius 1 is 1.06 bits per heavy atom. The molecule has 1 atom stereocenters. The molecule has 0 fully saturated rings. The average Bonchev–Trinajstić information content (AvgIpc) is 2.70. The van der Waals surface area contributed by atoms with E-state index < -0.39 is 34.4 Å². The van der Waals surface area contributed by atoms with Gasteiger partial charge in [0.1, 0.15) is 12.6 Å². The molecule has 1 N–H and O–H groups in total. The number of carbonyl (C=O) groups excluding carboxylic acids is 2. The minimum Gasteiger partial charge on any atom is -0.357 e. The number of nitrogens with one attached hydrogen (secondary N) is 1. The van der Waals surface area contributed by atoms with Gasteiger partial charge in [-0.2, -0.15) is 0 Å². The molecule has 7 nitrogen and oxygen atoms in total. The molecule has 0 aliphatic heterocycles. The molecular formula is C21H25Cl2N3O4S. The minimum absolute atomic E-state index is 0.0582. The van der Waals surface area contributed by atoms with Crippen LogP contribution in [0.1, 0.15) is 18.1 Å². The Balaban J connectivity index is 2.46. The van der Waals surface area contributed by atoms with E-state index in [-0.39, 0.29) is 6.54 Å². The van der Waals surface area contributed by atoms with Crippen LogP contribution in [0.25, 0.3) is 0 Å². The first-order valence-corrected chi connectivity index (χ1v) is 12.0. The Morgan fingerprint density at radius 3 is 2.16 bits per heavy atom. The molecule has 2 aromatic carbocycles. The van der Waals surface area contributed by atoms with Gasteiger partial charge in [0.15, 0.2) is 0 Å². The molecule has 0 aromatic heterocycles. The summed E-state index contributed by atoms with van der Waals surface area (Å²) >= 11 is 12.5. The van der Waals surface area contributed by atoms with E-state index in [4.69, 9.17) is 23.2 Å². The van der Waals surface area contributed by atoms with Crippen LogP contribution in [0, 0.1) is 6.92 Å². The standard InChI is InChI=1S/C21H25Cl2N3O4S/c1-14-8-5-6-11-19(14)26(31(4,29)30)13-20(27)25(15(2)21(28)24-3)12-16-17(22)9-7-10-18(16)23/h5-11,15H,12-13H2,1-4H3,(H,24,28). The van der Waals surface area contributed by atoms with Crippen molar-refractivity contribution in [2.75, 3.05) is 24.2 Å². The van der Waals surface area contributed by atoms with Crippen molar-refractivity contribution in [2.45, 2.75) is 26.4 Å². The van der Waals surface area contributed by atoms with Gasteiger partial charge in [0.05, 0.1) is 11.9 Å². The molecule has 1 unspecified atom stereocenters. The number of amides is 2. The lowest BCUT2D eigenvalue weighted by Gasteiger charge is -2.32. The largest absolute Gasteiger partial charge is 0.357 e. The Labute approximate surface area is 193 Å². The van der Waals surface area contributed by atoms with Crippen LogP contribution in [0.4, 0.5) is 5.69 Å². The van der Waals surface area contributed by atoms with Crippen LogP contribution in [0.15, 0.2) is 42.5 Å². The van der Waals surface area contributed by atoms with Crippen molar-refractivity contribution in [3.8, 4) is 0 Å². The molecule has 2 aromatic rings. The van der Waals surface area contributed by atoms with Crippen LogP contribution in [0.3, 0.4) is 0 Å². The van der Waals surface area contributed by atoms with Crippen molar-refractivity contribution >= 4 is 50.7 Å². The van der Waals surface area contributed by atoms with Crippen molar-refractivity contribution in [1.82, 2.24) is 10.2 Å². The predicted octanol–water partition coefficient (Wildman–Crippen LogP) is 3.23. The van der Waals surface area contributed by atoms with E-state index in [9.17, 15) is 18.0 Å². The fraction of sp³-hybridized carbons (Fsp3) is 0.333. The Kier molecular flexibility index (Phi) is 8.34.